The van der Waals surface area contributed by atoms with Crippen molar-refractivity contribution in [2.24, 2.45) is 0 Å². The topological polar surface area (TPSA) is 12.0 Å². The molecule has 1 N–H and O–H groups in total. The zero-order valence-corrected chi connectivity index (χ0v) is 9.38. The molecule has 0 heterocycles. The van der Waals surface area contributed by atoms with Crippen LogP contribution in [0.15, 0.2) is 41.4 Å². The largest absolute Gasteiger partial charge is 0.306 e. The smallest absolute Gasteiger partial charge is 0.0294 e. The van der Waals surface area contributed by atoms with E-state index in [4.69, 9.17) is 11.6 Å². The maximum absolute atomic E-state index is 5.58. The SMILES string of the molecule is C/C(=C\Cl)CNC(C)c1ccccc1. The Morgan fingerprint density at radius 2 is 2.07 bits per heavy atom. The standard InChI is InChI=1S/C12H16ClN/c1-10(8-13)9-14-11(2)12-6-4-3-5-7-12/h3-8,11,14H,9H2,1-2H3/b10-8+. The molecule has 0 aliphatic heterocycles. The van der Waals surface area contributed by atoms with Crippen molar-refractivity contribution >= 4 is 11.6 Å². The van der Waals surface area contributed by atoms with Gasteiger partial charge in [-0.15, -0.1) is 0 Å². The Balaban J connectivity index is 2.47. The maximum atomic E-state index is 5.58. The lowest BCUT2D eigenvalue weighted by molar-refractivity contribution is 0.607. The third-order valence-electron chi connectivity index (χ3n) is 2.17. The molecular formula is C12H16ClN. The monoisotopic (exact) mass is 209 g/mol. The van der Waals surface area contributed by atoms with E-state index in [9.17, 15) is 0 Å². The molecule has 1 rings (SSSR count). The molecule has 0 fully saturated rings. The van der Waals surface area contributed by atoms with E-state index in [1.807, 2.05) is 13.0 Å². The summed E-state index contributed by atoms with van der Waals surface area (Å²) >= 11 is 5.58. The van der Waals surface area contributed by atoms with Gasteiger partial charge in [-0.25, -0.2) is 0 Å². The average Bonchev–Trinajstić information content (AvgIpc) is 2.26. The molecule has 0 aliphatic rings. The van der Waals surface area contributed by atoms with E-state index in [0.717, 1.165) is 12.1 Å². The summed E-state index contributed by atoms with van der Waals surface area (Å²) in [5.41, 5.74) is 4.06. The Bertz CT molecular complexity index is 292. The molecule has 1 aromatic rings. The fourth-order valence-electron chi connectivity index (χ4n) is 1.21. The predicted molar refractivity (Wildman–Crippen MR) is 62.5 cm³/mol. The van der Waals surface area contributed by atoms with Crippen molar-refractivity contribution in [1.29, 1.82) is 0 Å². The zero-order chi connectivity index (χ0) is 10.4. The first kappa shape index (κ1) is 11.3. The van der Waals surface area contributed by atoms with Crippen molar-refractivity contribution in [2.45, 2.75) is 19.9 Å². The predicted octanol–water partition coefficient (Wildman–Crippen LogP) is 3.48. The fraction of sp³-hybridized carbons (Fsp3) is 0.333. The van der Waals surface area contributed by atoms with E-state index in [2.05, 4.69) is 36.5 Å². The lowest BCUT2D eigenvalue weighted by Gasteiger charge is -2.13. The van der Waals surface area contributed by atoms with Crippen LogP contribution in [0.25, 0.3) is 0 Å². The average molecular weight is 210 g/mol. The summed E-state index contributed by atoms with van der Waals surface area (Å²) in [5.74, 6) is 0. The molecule has 1 atom stereocenters. The minimum Gasteiger partial charge on any atom is -0.306 e. The van der Waals surface area contributed by atoms with Crippen LogP contribution >= 0.6 is 11.6 Å². The fourth-order valence-corrected chi connectivity index (χ4v) is 1.29. The van der Waals surface area contributed by atoms with Crippen molar-refractivity contribution in [1.82, 2.24) is 5.32 Å². The van der Waals surface area contributed by atoms with Gasteiger partial charge in [0.05, 0.1) is 0 Å². The quantitative estimate of drug-likeness (QED) is 0.801. The van der Waals surface area contributed by atoms with Gasteiger partial charge in [0.25, 0.3) is 0 Å². The third kappa shape index (κ3) is 3.52. The molecule has 0 amide bonds. The summed E-state index contributed by atoms with van der Waals surface area (Å²) in [7, 11) is 0. The lowest BCUT2D eigenvalue weighted by atomic mass is 10.1. The van der Waals surface area contributed by atoms with Gasteiger partial charge >= 0.3 is 0 Å². The normalized spacial score (nSPS) is 14.1. The van der Waals surface area contributed by atoms with Crippen molar-refractivity contribution in [3.63, 3.8) is 0 Å². The summed E-state index contributed by atoms with van der Waals surface area (Å²) in [6.45, 7) is 4.99. The number of hydrogen-bond acceptors (Lipinski definition) is 1. The molecule has 14 heavy (non-hydrogen) atoms. The Labute approximate surface area is 90.8 Å². The van der Waals surface area contributed by atoms with Crippen LogP contribution in [0.3, 0.4) is 0 Å². The summed E-state index contributed by atoms with van der Waals surface area (Å²) in [6, 6.07) is 10.7. The molecule has 1 nitrogen and oxygen atoms in total. The van der Waals surface area contributed by atoms with Gasteiger partial charge in [0.2, 0.25) is 0 Å². The number of benzene rings is 1. The molecule has 1 unspecified atom stereocenters. The highest BCUT2D eigenvalue weighted by Gasteiger charge is 2.02. The van der Waals surface area contributed by atoms with E-state index in [1.54, 1.807) is 5.54 Å². The van der Waals surface area contributed by atoms with E-state index in [-0.39, 0.29) is 0 Å². The van der Waals surface area contributed by atoms with Gasteiger partial charge < -0.3 is 5.32 Å². The molecule has 0 saturated carbocycles. The van der Waals surface area contributed by atoms with Crippen molar-refractivity contribution in [3.8, 4) is 0 Å². The van der Waals surface area contributed by atoms with Crippen molar-refractivity contribution < 1.29 is 0 Å². The van der Waals surface area contributed by atoms with Gasteiger partial charge in [-0.1, -0.05) is 41.9 Å². The number of hydrogen-bond donors (Lipinski definition) is 1. The Morgan fingerprint density at radius 3 is 2.64 bits per heavy atom. The minimum absolute atomic E-state index is 0.364. The Kier molecular flexibility index (Phi) is 4.71. The highest BCUT2D eigenvalue weighted by Crippen LogP contribution is 2.11. The van der Waals surface area contributed by atoms with Gasteiger partial charge in [-0.2, -0.15) is 0 Å². The molecule has 0 radical (unpaired) electrons. The lowest BCUT2D eigenvalue weighted by Crippen LogP contribution is -2.20. The highest BCUT2D eigenvalue weighted by atomic mass is 35.5. The molecule has 0 spiro atoms. The number of rotatable bonds is 4. The van der Waals surface area contributed by atoms with Gasteiger partial charge in [-0.05, 0) is 25.0 Å². The third-order valence-corrected chi connectivity index (χ3v) is 2.55. The molecule has 0 bridgehead atoms. The first-order valence-corrected chi connectivity index (χ1v) is 5.22. The highest BCUT2D eigenvalue weighted by molar-refractivity contribution is 6.25. The summed E-state index contributed by atoms with van der Waals surface area (Å²) in [5, 5.41) is 3.40. The van der Waals surface area contributed by atoms with Crippen LogP contribution in [-0.2, 0) is 0 Å². The molecule has 76 valence electrons. The summed E-state index contributed by atoms with van der Waals surface area (Å²) in [4.78, 5) is 0. The van der Waals surface area contributed by atoms with Crippen LogP contribution in [0.2, 0.25) is 0 Å². The maximum Gasteiger partial charge on any atom is 0.0294 e. The van der Waals surface area contributed by atoms with E-state index < -0.39 is 0 Å². The van der Waals surface area contributed by atoms with E-state index in [0.29, 0.717) is 6.04 Å². The van der Waals surface area contributed by atoms with Crippen molar-refractivity contribution in [2.75, 3.05) is 6.54 Å². The van der Waals surface area contributed by atoms with Crippen molar-refractivity contribution in [3.05, 3.63) is 47.0 Å². The van der Waals surface area contributed by atoms with Crippen LogP contribution in [0, 0.1) is 0 Å². The summed E-state index contributed by atoms with van der Waals surface area (Å²) < 4.78 is 0. The molecule has 0 saturated heterocycles. The Morgan fingerprint density at radius 1 is 1.43 bits per heavy atom. The van der Waals surface area contributed by atoms with E-state index >= 15 is 0 Å². The molecular weight excluding hydrogens is 194 g/mol. The molecule has 2 heteroatoms. The minimum atomic E-state index is 0.364. The van der Waals surface area contributed by atoms with Crippen LogP contribution in [-0.4, -0.2) is 6.54 Å². The van der Waals surface area contributed by atoms with Gasteiger partial charge in [0.15, 0.2) is 0 Å². The van der Waals surface area contributed by atoms with Crippen LogP contribution in [0.1, 0.15) is 25.5 Å². The number of nitrogens with one attached hydrogen (secondary N) is 1. The van der Waals surface area contributed by atoms with Crippen LogP contribution in [0.5, 0.6) is 0 Å². The second-order valence-electron chi connectivity index (χ2n) is 3.47. The van der Waals surface area contributed by atoms with Crippen LogP contribution in [0.4, 0.5) is 0 Å². The van der Waals surface area contributed by atoms with Gasteiger partial charge in [0, 0.05) is 18.1 Å². The Hall–Kier alpha value is -0.790. The zero-order valence-electron chi connectivity index (χ0n) is 8.63. The number of halogens is 1. The van der Waals surface area contributed by atoms with Gasteiger partial charge in [-0.3, -0.25) is 0 Å². The first-order chi connectivity index (χ1) is 6.74. The molecule has 0 aromatic heterocycles. The second kappa shape index (κ2) is 5.84. The van der Waals surface area contributed by atoms with Gasteiger partial charge in [0.1, 0.15) is 0 Å². The molecule has 0 aliphatic carbocycles. The second-order valence-corrected chi connectivity index (χ2v) is 3.69. The summed E-state index contributed by atoms with van der Waals surface area (Å²) in [6.07, 6.45) is 0. The molecule has 1 aromatic carbocycles. The first-order valence-electron chi connectivity index (χ1n) is 4.78. The van der Waals surface area contributed by atoms with E-state index in [1.165, 1.54) is 5.56 Å². The van der Waals surface area contributed by atoms with Crippen LogP contribution < -0.4 is 5.32 Å².